The number of aliphatic carboxylic acids is 1. The van der Waals surface area contributed by atoms with E-state index in [4.69, 9.17) is 0 Å². The molecule has 0 aromatic carbocycles. The maximum atomic E-state index is 12.2. The molecule has 1 aliphatic carbocycles. The number of Topliss-reactive ketones (excluding diaryl/α,β-unsaturated/α-hetero) is 1. The molecule has 4 unspecified atom stereocenters. The van der Waals surface area contributed by atoms with Crippen LogP contribution in [0.25, 0.3) is 0 Å². The van der Waals surface area contributed by atoms with Crippen molar-refractivity contribution in [3.8, 4) is 0 Å². The number of rotatable bonds is 9. The van der Waals surface area contributed by atoms with Crippen molar-refractivity contribution in [1.82, 2.24) is 5.32 Å². The van der Waals surface area contributed by atoms with E-state index in [0.29, 0.717) is 12.8 Å². The Morgan fingerprint density at radius 1 is 1.38 bits per heavy atom. The first-order chi connectivity index (χ1) is 11.3. The molecule has 0 aromatic rings. The highest BCUT2D eigenvalue weighted by molar-refractivity contribution is 5.91. The Morgan fingerprint density at radius 2 is 2.04 bits per heavy atom. The molecule has 24 heavy (non-hydrogen) atoms. The van der Waals surface area contributed by atoms with Crippen LogP contribution in [0.5, 0.6) is 0 Å². The standard InChI is InChI=1S/C18H29NO5/c1-4-6-7-10-18(24)13(8-9-14(18)20)11-15(21)19-16(17(22)23)12(3)5-2/h6-7,12-13,16,24H,4-5,8-11H2,1-3H3,(H,19,21)(H,22,23)/b7-6+. The van der Waals surface area contributed by atoms with Gasteiger partial charge in [-0.3, -0.25) is 9.59 Å². The molecule has 6 heteroatoms. The van der Waals surface area contributed by atoms with Gasteiger partial charge in [0.1, 0.15) is 11.6 Å². The van der Waals surface area contributed by atoms with Crippen LogP contribution in [0.1, 0.15) is 59.3 Å². The maximum absolute atomic E-state index is 12.2. The Labute approximate surface area is 143 Å². The van der Waals surface area contributed by atoms with E-state index in [1.165, 1.54) is 0 Å². The zero-order valence-electron chi connectivity index (χ0n) is 14.7. The third kappa shape index (κ3) is 4.90. The summed E-state index contributed by atoms with van der Waals surface area (Å²) in [6, 6.07) is -0.951. The number of hydrogen-bond donors (Lipinski definition) is 3. The van der Waals surface area contributed by atoms with Gasteiger partial charge in [-0.15, -0.1) is 0 Å². The summed E-state index contributed by atoms with van der Waals surface area (Å²) in [5.41, 5.74) is -1.52. The molecule has 1 saturated carbocycles. The molecule has 0 heterocycles. The summed E-state index contributed by atoms with van der Waals surface area (Å²) in [6.45, 7) is 5.59. The second-order valence-corrected chi connectivity index (χ2v) is 6.64. The van der Waals surface area contributed by atoms with Crippen molar-refractivity contribution >= 4 is 17.7 Å². The van der Waals surface area contributed by atoms with Crippen LogP contribution in [0.2, 0.25) is 0 Å². The molecule has 0 aromatic heterocycles. The molecule has 0 spiro atoms. The lowest BCUT2D eigenvalue weighted by molar-refractivity contribution is -0.144. The average Bonchev–Trinajstić information content (AvgIpc) is 2.80. The van der Waals surface area contributed by atoms with Crippen molar-refractivity contribution in [1.29, 1.82) is 0 Å². The maximum Gasteiger partial charge on any atom is 0.326 e. The van der Waals surface area contributed by atoms with Gasteiger partial charge in [-0.1, -0.05) is 39.3 Å². The summed E-state index contributed by atoms with van der Waals surface area (Å²) < 4.78 is 0. The van der Waals surface area contributed by atoms with Gasteiger partial charge in [0.2, 0.25) is 5.91 Å². The number of nitrogens with one attached hydrogen (secondary N) is 1. The van der Waals surface area contributed by atoms with Crippen molar-refractivity contribution in [3.63, 3.8) is 0 Å². The normalized spacial score (nSPS) is 26.5. The fourth-order valence-electron chi connectivity index (χ4n) is 3.11. The first kappa shape index (κ1) is 20.4. The fraction of sp³-hybridized carbons (Fsp3) is 0.722. The second-order valence-electron chi connectivity index (χ2n) is 6.64. The van der Waals surface area contributed by atoms with E-state index in [9.17, 15) is 24.6 Å². The Bertz CT molecular complexity index is 502. The number of carboxylic acid groups (broad SMARTS) is 1. The minimum atomic E-state index is -1.52. The molecule has 1 aliphatic rings. The van der Waals surface area contributed by atoms with Gasteiger partial charge in [-0.2, -0.15) is 0 Å². The molecule has 4 atom stereocenters. The molecular formula is C18H29NO5. The summed E-state index contributed by atoms with van der Waals surface area (Å²) >= 11 is 0. The van der Waals surface area contributed by atoms with Crippen LogP contribution in [0.4, 0.5) is 0 Å². The molecule has 0 saturated heterocycles. The average molecular weight is 339 g/mol. The van der Waals surface area contributed by atoms with Crippen LogP contribution < -0.4 is 5.32 Å². The van der Waals surface area contributed by atoms with Crippen LogP contribution in [0.3, 0.4) is 0 Å². The molecule has 0 bridgehead atoms. The molecule has 0 aliphatic heterocycles. The van der Waals surface area contributed by atoms with Crippen LogP contribution in [0.15, 0.2) is 12.2 Å². The van der Waals surface area contributed by atoms with Crippen molar-refractivity contribution in [2.24, 2.45) is 11.8 Å². The molecule has 1 rings (SSSR count). The number of amides is 1. The van der Waals surface area contributed by atoms with E-state index < -0.39 is 29.4 Å². The van der Waals surface area contributed by atoms with Gasteiger partial charge in [-0.25, -0.2) is 4.79 Å². The topological polar surface area (TPSA) is 104 Å². The Morgan fingerprint density at radius 3 is 2.58 bits per heavy atom. The van der Waals surface area contributed by atoms with E-state index in [1.807, 2.05) is 19.9 Å². The summed E-state index contributed by atoms with van der Waals surface area (Å²) in [7, 11) is 0. The lowest BCUT2D eigenvalue weighted by atomic mass is 9.84. The summed E-state index contributed by atoms with van der Waals surface area (Å²) in [5.74, 6) is -2.40. The van der Waals surface area contributed by atoms with E-state index in [-0.39, 0.29) is 31.0 Å². The third-order valence-corrected chi connectivity index (χ3v) is 4.94. The summed E-state index contributed by atoms with van der Waals surface area (Å²) in [5, 5.41) is 22.5. The smallest absolute Gasteiger partial charge is 0.326 e. The quantitative estimate of drug-likeness (QED) is 0.558. The minimum absolute atomic E-state index is 0.0393. The molecule has 3 N–H and O–H groups in total. The van der Waals surface area contributed by atoms with Crippen LogP contribution in [-0.4, -0.2) is 39.5 Å². The van der Waals surface area contributed by atoms with Crippen LogP contribution >= 0.6 is 0 Å². The number of ketones is 1. The number of carbonyl (C=O) groups excluding carboxylic acids is 2. The van der Waals surface area contributed by atoms with Crippen LogP contribution in [0, 0.1) is 11.8 Å². The number of allylic oxidation sites excluding steroid dienone is 1. The predicted molar refractivity (Wildman–Crippen MR) is 90.4 cm³/mol. The van der Waals surface area contributed by atoms with Crippen molar-refractivity contribution < 1.29 is 24.6 Å². The van der Waals surface area contributed by atoms with E-state index >= 15 is 0 Å². The lowest BCUT2D eigenvalue weighted by Gasteiger charge is -2.28. The molecular weight excluding hydrogens is 310 g/mol. The van der Waals surface area contributed by atoms with E-state index in [1.54, 1.807) is 13.0 Å². The Hall–Kier alpha value is -1.69. The first-order valence-electron chi connectivity index (χ1n) is 8.69. The third-order valence-electron chi connectivity index (χ3n) is 4.94. The Kier molecular flexibility index (Phi) is 7.60. The highest BCUT2D eigenvalue weighted by Crippen LogP contribution is 2.38. The minimum Gasteiger partial charge on any atom is -0.480 e. The van der Waals surface area contributed by atoms with Crippen molar-refractivity contribution in [3.05, 3.63) is 12.2 Å². The van der Waals surface area contributed by atoms with E-state index in [0.717, 1.165) is 6.42 Å². The zero-order chi connectivity index (χ0) is 18.3. The SMILES string of the molecule is CC/C=C/CC1(O)C(=O)CCC1CC(=O)NC(C(=O)O)C(C)CC. The summed E-state index contributed by atoms with van der Waals surface area (Å²) in [6.07, 6.45) is 5.95. The van der Waals surface area contributed by atoms with Gasteiger partial charge in [0.25, 0.3) is 0 Å². The van der Waals surface area contributed by atoms with Gasteiger partial charge in [0, 0.05) is 25.2 Å². The van der Waals surface area contributed by atoms with Crippen molar-refractivity contribution in [2.45, 2.75) is 70.9 Å². The number of carboxylic acids is 1. The van der Waals surface area contributed by atoms with Gasteiger partial charge >= 0.3 is 5.97 Å². The number of aliphatic hydroxyl groups is 1. The number of carbonyl (C=O) groups is 3. The fourth-order valence-corrected chi connectivity index (χ4v) is 3.11. The predicted octanol–water partition coefficient (Wildman–Crippen LogP) is 2.06. The summed E-state index contributed by atoms with van der Waals surface area (Å²) in [4.78, 5) is 35.6. The molecule has 1 fully saturated rings. The van der Waals surface area contributed by atoms with Crippen LogP contribution in [-0.2, 0) is 14.4 Å². The van der Waals surface area contributed by atoms with Crippen molar-refractivity contribution in [2.75, 3.05) is 0 Å². The highest BCUT2D eigenvalue weighted by Gasteiger charge is 2.48. The number of hydrogen-bond acceptors (Lipinski definition) is 4. The van der Waals surface area contributed by atoms with Gasteiger partial charge in [0.15, 0.2) is 5.78 Å². The monoisotopic (exact) mass is 339 g/mol. The molecule has 1 amide bonds. The molecule has 6 nitrogen and oxygen atoms in total. The highest BCUT2D eigenvalue weighted by atomic mass is 16.4. The van der Waals surface area contributed by atoms with Gasteiger partial charge in [-0.05, 0) is 18.8 Å². The van der Waals surface area contributed by atoms with E-state index in [2.05, 4.69) is 5.32 Å². The molecule has 0 radical (unpaired) electrons. The lowest BCUT2D eigenvalue weighted by Crippen LogP contribution is -2.47. The largest absolute Gasteiger partial charge is 0.480 e. The Balaban J connectivity index is 2.75. The molecule has 136 valence electrons. The first-order valence-corrected chi connectivity index (χ1v) is 8.69. The zero-order valence-corrected chi connectivity index (χ0v) is 14.7. The van der Waals surface area contributed by atoms with Gasteiger partial charge in [0.05, 0.1) is 0 Å². The second kappa shape index (κ2) is 8.97. The van der Waals surface area contributed by atoms with Gasteiger partial charge < -0.3 is 15.5 Å².